The number of benzene rings is 1. The lowest BCUT2D eigenvalue weighted by molar-refractivity contribution is 0.0695. The van der Waals surface area contributed by atoms with Crippen LogP contribution in [0.3, 0.4) is 0 Å². The molecular weight excluding hydrogens is 256 g/mol. The van der Waals surface area contributed by atoms with Gasteiger partial charge in [0.2, 0.25) is 0 Å². The smallest absolute Gasteiger partial charge is 0.338 e. The minimum atomic E-state index is -0.869. The second-order valence-corrected chi connectivity index (χ2v) is 5.36. The van der Waals surface area contributed by atoms with Crippen molar-refractivity contribution < 1.29 is 14.6 Å². The lowest BCUT2D eigenvalue weighted by Gasteiger charge is -2.25. The summed E-state index contributed by atoms with van der Waals surface area (Å²) < 4.78 is 7.42. The predicted octanol–water partition coefficient (Wildman–Crippen LogP) is 2.10. The van der Waals surface area contributed by atoms with Crippen LogP contribution in [0.4, 0.5) is 0 Å². The van der Waals surface area contributed by atoms with E-state index in [4.69, 9.17) is 4.74 Å². The molecular formula is C15H18N2O3. The monoisotopic (exact) mass is 274 g/mol. The van der Waals surface area contributed by atoms with Gasteiger partial charge in [-0.25, -0.2) is 4.79 Å². The van der Waals surface area contributed by atoms with E-state index in [1.165, 1.54) is 0 Å². The Morgan fingerprint density at radius 1 is 1.35 bits per heavy atom. The topological polar surface area (TPSA) is 54.7 Å². The third-order valence-electron chi connectivity index (χ3n) is 4.00. The van der Waals surface area contributed by atoms with E-state index in [0.29, 0.717) is 17.9 Å². The summed E-state index contributed by atoms with van der Waals surface area (Å²) in [6, 6.07) is 3.79. The maximum Gasteiger partial charge on any atom is 0.338 e. The van der Waals surface area contributed by atoms with Gasteiger partial charge in [-0.1, -0.05) is 0 Å². The van der Waals surface area contributed by atoms with Crippen LogP contribution in [0.5, 0.6) is 5.75 Å². The van der Waals surface area contributed by atoms with Crippen molar-refractivity contribution in [3.63, 3.8) is 0 Å². The third-order valence-corrected chi connectivity index (χ3v) is 4.00. The molecule has 1 aliphatic rings. The number of hydrogen-bond donors (Lipinski definition) is 1. The van der Waals surface area contributed by atoms with Gasteiger partial charge in [-0.15, -0.1) is 0 Å². The summed E-state index contributed by atoms with van der Waals surface area (Å²) in [5.74, 6) is -0.166. The minimum absolute atomic E-state index is 0.411. The molecule has 106 valence electrons. The highest BCUT2D eigenvalue weighted by molar-refractivity contribution is 6.06. The van der Waals surface area contributed by atoms with Gasteiger partial charge < -0.3 is 14.4 Å². The molecule has 5 heteroatoms. The first kappa shape index (κ1) is 13.0. The second kappa shape index (κ2) is 4.52. The number of carbonyl (C=O) groups is 1. The third kappa shape index (κ3) is 1.78. The van der Waals surface area contributed by atoms with Crippen LogP contribution in [0.1, 0.15) is 21.6 Å². The largest absolute Gasteiger partial charge is 0.497 e. The Morgan fingerprint density at radius 2 is 2.10 bits per heavy atom. The number of aromatic carboxylic acids is 1. The van der Waals surface area contributed by atoms with Crippen LogP contribution in [0.15, 0.2) is 12.1 Å². The lowest BCUT2D eigenvalue weighted by Crippen LogP contribution is -2.31. The van der Waals surface area contributed by atoms with Gasteiger partial charge in [-0.3, -0.25) is 4.90 Å². The number of carboxylic acids is 1. The van der Waals surface area contributed by atoms with E-state index in [-0.39, 0.29) is 0 Å². The highest BCUT2D eigenvalue weighted by Crippen LogP contribution is 2.34. The van der Waals surface area contributed by atoms with Crippen molar-refractivity contribution in [1.29, 1.82) is 0 Å². The number of aryl methyl sites for hydroxylation is 1. The van der Waals surface area contributed by atoms with Crippen molar-refractivity contribution in [3.05, 3.63) is 29.0 Å². The summed E-state index contributed by atoms with van der Waals surface area (Å²) >= 11 is 0. The van der Waals surface area contributed by atoms with Crippen molar-refractivity contribution >= 4 is 16.9 Å². The first-order valence-electron chi connectivity index (χ1n) is 6.64. The van der Waals surface area contributed by atoms with Gasteiger partial charge in [0.1, 0.15) is 5.75 Å². The van der Waals surface area contributed by atoms with Crippen LogP contribution in [-0.2, 0) is 13.1 Å². The van der Waals surface area contributed by atoms with Crippen molar-refractivity contribution in [3.8, 4) is 5.75 Å². The first-order valence-corrected chi connectivity index (χ1v) is 6.64. The Labute approximate surface area is 117 Å². The molecule has 2 heterocycles. The zero-order valence-corrected chi connectivity index (χ0v) is 11.9. The molecule has 3 rings (SSSR count). The molecule has 20 heavy (non-hydrogen) atoms. The molecule has 0 atom stereocenters. The molecule has 1 aliphatic heterocycles. The van der Waals surface area contributed by atoms with Gasteiger partial charge in [0, 0.05) is 30.7 Å². The quantitative estimate of drug-likeness (QED) is 0.911. The number of ether oxygens (including phenoxy) is 1. The summed E-state index contributed by atoms with van der Waals surface area (Å²) in [5, 5.41) is 10.4. The molecule has 0 saturated heterocycles. The standard InChI is InChI=1S/C15H18N2O3/c1-9-6-10(20-3)7-11-13(15(18)19)12-8-16(2)4-5-17(12)14(9)11/h6-7H,4-5,8H2,1-3H3,(H,18,19). The fraction of sp³-hybridized carbons (Fsp3) is 0.400. The average molecular weight is 274 g/mol. The first-order chi connectivity index (χ1) is 9.52. The van der Waals surface area contributed by atoms with Gasteiger partial charge in [-0.2, -0.15) is 0 Å². The van der Waals surface area contributed by atoms with E-state index in [2.05, 4.69) is 9.47 Å². The molecule has 0 radical (unpaired) electrons. The Kier molecular flexibility index (Phi) is 2.94. The van der Waals surface area contributed by atoms with E-state index < -0.39 is 5.97 Å². The molecule has 0 unspecified atom stereocenters. The Morgan fingerprint density at radius 3 is 2.75 bits per heavy atom. The normalized spacial score (nSPS) is 15.3. The molecule has 1 N–H and O–H groups in total. The number of methoxy groups -OCH3 is 1. The fourth-order valence-corrected chi connectivity index (χ4v) is 3.09. The van der Waals surface area contributed by atoms with Crippen LogP contribution < -0.4 is 4.74 Å². The molecule has 0 bridgehead atoms. The summed E-state index contributed by atoms with van der Waals surface area (Å²) in [5.41, 5.74) is 3.37. The highest BCUT2D eigenvalue weighted by atomic mass is 16.5. The molecule has 0 saturated carbocycles. The SMILES string of the molecule is COc1cc(C)c2c(c1)c(C(=O)O)c1n2CCN(C)C1. The molecule has 5 nitrogen and oxygen atoms in total. The van der Waals surface area contributed by atoms with Crippen molar-refractivity contribution in [2.24, 2.45) is 0 Å². The van der Waals surface area contributed by atoms with Gasteiger partial charge >= 0.3 is 5.97 Å². The van der Waals surface area contributed by atoms with Gasteiger partial charge in [-0.05, 0) is 31.7 Å². The van der Waals surface area contributed by atoms with Crippen molar-refractivity contribution in [2.75, 3.05) is 20.7 Å². The summed E-state index contributed by atoms with van der Waals surface area (Å²) in [4.78, 5) is 13.8. The lowest BCUT2D eigenvalue weighted by atomic mass is 10.1. The maximum atomic E-state index is 11.7. The van der Waals surface area contributed by atoms with Crippen LogP contribution in [0.2, 0.25) is 0 Å². The van der Waals surface area contributed by atoms with Crippen molar-refractivity contribution in [2.45, 2.75) is 20.0 Å². The molecule has 0 fully saturated rings. The van der Waals surface area contributed by atoms with Gasteiger partial charge in [0.25, 0.3) is 0 Å². The molecule has 2 aromatic rings. The number of hydrogen-bond acceptors (Lipinski definition) is 3. The van der Waals surface area contributed by atoms with E-state index in [0.717, 1.165) is 35.2 Å². The zero-order chi connectivity index (χ0) is 14.4. The number of rotatable bonds is 2. The van der Waals surface area contributed by atoms with Crippen molar-refractivity contribution in [1.82, 2.24) is 9.47 Å². The van der Waals surface area contributed by atoms with Gasteiger partial charge in [0.15, 0.2) is 0 Å². The summed E-state index contributed by atoms with van der Waals surface area (Å²) in [6.45, 7) is 4.42. The van der Waals surface area contributed by atoms with Gasteiger partial charge in [0.05, 0.1) is 18.2 Å². The molecule has 1 aromatic carbocycles. The molecule has 0 amide bonds. The number of aromatic nitrogens is 1. The maximum absolute atomic E-state index is 11.7. The van der Waals surface area contributed by atoms with E-state index in [9.17, 15) is 9.90 Å². The van der Waals surface area contributed by atoms with E-state index >= 15 is 0 Å². The Bertz CT molecular complexity index is 703. The highest BCUT2D eigenvalue weighted by Gasteiger charge is 2.27. The average Bonchev–Trinajstić information content (AvgIpc) is 2.71. The minimum Gasteiger partial charge on any atom is -0.497 e. The number of nitrogens with zero attached hydrogens (tertiary/aromatic N) is 2. The summed E-state index contributed by atoms with van der Waals surface area (Å²) in [7, 11) is 3.62. The summed E-state index contributed by atoms with van der Waals surface area (Å²) in [6.07, 6.45) is 0. The number of carboxylic acid groups (broad SMARTS) is 1. The number of fused-ring (bicyclic) bond motifs is 3. The van der Waals surface area contributed by atoms with Crippen LogP contribution in [0.25, 0.3) is 10.9 Å². The Hall–Kier alpha value is -2.01. The molecule has 0 spiro atoms. The Balaban J connectivity index is 2.40. The fourth-order valence-electron chi connectivity index (χ4n) is 3.09. The van der Waals surface area contributed by atoms with E-state index in [1.54, 1.807) is 7.11 Å². The van der Waals surface area contributed by atoms with Crippen LogP contribution in [0, 0.1) is 6.92 Å². The second-order valence-electron chi connectivity index (χ2n) is 5.36. The predicted molar refractivity (Wildman–Crippen MR) is 76.5 cm³/mol. The van der Waals surface area contributed by atoms with Crippen LogP contribution >= 0.6 is 0 Å². The molecule has 0 aliphatic carbocycles. The van der Waals surface area contributed by atoms with Crippen LogP contribution in [-0.4, -0.2) is 41.2 Å². The zero-order valence-electron chi connectivity index (χ0n) is 11.9. The van der Waals surface area contributed by atoms with E-state index in [1.807, 2.05) is 26.1 Å². The number of likely N-dealkylation sites (N-methyl/N-ethyl adjacent to an activating group) is 1. The molecule has 1 aromatic heterocycles.